The number of rotatable bonds is 3. The third-order valence-electron chi connectivity index (χ3n) is 4.21. The summed E-state index contributed by atoms with van der Waals surface area (Å²) in [5.41, 5.74) is 0.0816. The van der Waals surface area contributed by atoms with Crippen LogP contribution in [0.15, 0.2) is 18.2 Å². The van der Waals surface area contributed by atoms with E-state index in [1.807, 2.05) is 0 Å². The Kier molecular flexibility index (Phi) is 5.15. The van der Waals surface area contributed by atoms with Crippen LogP contribution in [0.25, 0.3) is 0 Å². The summed E-state index contributed by atoms with van der Waals surface area (Å²) in [7, 11) is 0. The summed E-state index contributed by atoms with van der Waals surface area (Å²) in [4.78, 5) is 0. The van der Waals surface area contributed by atoms with Crippen molar-refractivity contribution >= 4 is 11.6 Å². The molecular formula is C15H17ClF4O. The van der Waals surface area contributed by atoms with E-state index in [0.717, 1.165) is 0 Å². The molecule has 0 amide bonds. The molecule has 1 nitrogen and oxygen atoms in total. The van der Waals surface area contributed by atoms with Gasteiger partial charge >= 0.3 is 6.18 Å². The second kappa shape index (κ2) is 6.53. The molecule has 1 N–H and O–H groups in total. The molecule has 6 heteroatoms. The van der Waals surface area contributed by atoms with Gasteiger partial charge in [-0.2, -0.15) is 13.2 Å². The average Bonchev–Trinajstić information content (AvgIpc) is 2.42. The van der Waals surface area contributed by atoms with Crippen molar-refractivity contribution in [2.75, 3.05) is 0 Å². The summed E-state index contributed by atoms with van der Waals surface area (Å²) < 4.78 is 52.8. The first-order chi connectivity index (χ1) is 9.80. The largest absolute Gasteiger partial charge is 0.392 e. The van der Waals surface area contributed by atoms with Crippen LogP contribution in [0.4, 0.5) is 17.6 Å². The van der Waals surface area contributed by atoms with Crippen LogP contribution >= 0.6 is 11.6 Å². The highest BCUT2D eigenvalue weighted by molar-refractivity contribution is 6.31. The van der Waals surface area contributed by atoms with Crippen molar-refractivity contribution in [3.63, 3.8) is 0 Å². The fourth-order valence-corrected chi connectivity index (χ4v) is 3.35. The van der Waals surface area contributed by atoms with E-state index in [4.69, 9.17) is 11.6 Å². The normalized spacial score (nSPS) is 24.9. The van der Waals surface area contributed by atoms with Gasteiger partial charge in [-0.25, -0.2) is 4.39 Å². The maximum atomic E-state index is 13.7. The van der Waals surface area contributed by atoms with Crippen molar-refractivity contribution in [1.82, 2.24) is 0 Å². The van der Waals surface area contributed by atoms with E-state index >= 15 is 0 Å². The zero-order chi connectivity index (χ0) is 15.6. The van der Waals surface area contributed by atoms with Gasteiger partial charge in [-0.3, -0.25) is 0 Å². The van der Waals surface area contributed by atoms with E-state index in [1.54, 1.807) is 0 Å². The lowest BCUT2D eigenvalue weighted by Gasteiger charge is -2.36. The molecule has 1 aromatic carbocycles. The molecule has 3 atom stereocenters. The van der Waals surface area contributed by atoms with Gasteiger partial charge in [0.05, 0.1) is 12.0 Å². The number of aliphatic hydroxyl groups is 1. The van der Waals surface area contributed by atoms with Gasteiger partial charge in [0.2, 0.25) is 0 Å². The predicted molar refractivity (Wildman–Crippen MR) is 72.6 cm³/mol. The summed E-state index contributed by atoms with van der Waals surface area (Å²) in [6, 6.07) is 4.08. The van der Waals surface area contributed by atoms with Crippen molar-refractivity contribution in [2.45, 2.75) is 44.4 Å². The van der Waals surface area contributed by atoms with E-state index in [2.05, 4.69) is 0 Å². The van der Waals surface area contributed by atoms with E-state index in [0.29, 0.717) is 19.3 Å². The number of hydrogen-bond acceptors (Lipinski definition) is 1. The van der Waals surface area contributed by atoms with Crippen molar-refractivity contribution in [1.29, 1.82) is 0 Å². The van der Waals surface area contributed by atoms with Gasteiger partial charge < -0.3 is 5.11 Å². The van der Waals surface area contributed by atoms with Crippen LogP contribution in [0.1, 0.15) is 31.2 Å². The third-order valence-corrected chi connectivity index (χ3v) is 4.56. The predicted octanol–water partition coefficient (Wildman–Crippen LogP) is 4.75. The number of alkyl halides is 3. The molecule has 1 aliphatic rings. The Labute approximate surface area is 125 Å². The van der Waals surface area contributed by atoms with Gasteiger partial charge in [-0.1, -0.05) is 30.5 Å². The molecule has 0 aliphatic heterocycles. The molecule has 21 heavy (non-hydrogen) atoms. The molecule has 1 aliphatic carbocycles. The van der Waals surface area contributed by atoms with Crippen LogP contribution in [0.3, 0.4) is 0 Å². The van der Waals surface area contributed by atoms with Gasteiger partial charge in [-0.05, 0) is 30.9 Å². The van der Waals surface area contributed by atoms with Crippen LogP contribution in [0, 0.1) is 17.7 Å². The SMILES string of the molecule is OC(Cc1c(F)cccc1Cl)C1CCCCC1C(F)(F)F. The summed E-state index contributed by atoms with van der Waals surface area (Å²) in [5, 5.41) is 10.3. The molecule has 3 unspecified atom stereocenters. The van der Waals surface area contributed by atoms with E-state index < -0.39 is 29.9 Å². The standard InChI is InChI=1S/C15H17ClF4O/c16-12-6-3-7-13(17)10(12)8-14(21)9-4-1-2-5-11(9)15(18,19)20/h3,6-7,9,11,14,21H,1-2,4-5,8H2. The van der Waals surface area contributed by atoms with Gasteiger partial charge in [0, 0.05) is 17.0 Å². The zero-order valence-corrected chi connectivity index (χ0v) is 12.1. The minimum Gasteiger partial charge on any atom is -0.392 e. The first-order valence-electron chi connectivity index (χ1n) is 6.98. The van der Waals surface area contributed by atoms with Gasteiger partial charge in [0.15, 0.2) is 0 Å². The van der Waals surface area contributed by atoms with Crippen LogP contribution < -0.4 is 0 Å². The van der Waals surface area contributed by atoms with E-state index in [-0.39, 0.29) is 23.4 Å². The molecular weight excluding hydrogens is 308 g/mol. The summed E-state index contributed by atoms with van der Waals surface area (Å²) >= 11 is 5.87. The molecule has 1 fully saturated rings. The summed E-state index contributed by atoms with van der Waals surface area (Å²) in [6.07, 6.45) is -4.28. The van der Waals surface area contributed by atoms with Crippen molar-refractivity contribution < 1.29 is 22.7 Å². The molecule has 0 spiro atoms. The van der Waals surface area contributed by atoms with Gasteiger partial charge in [-0.15, -0.1) is 0 Å². The maximum absolute atomic E-state index is 13.7. The second-order valence-corrected chi connectivity index (χ2v) is 5.98. The minimum atomic E-state index is -4.33. The van der Waals surface area contributed by atoms with Gasteiger partial charge in [0.1, 0.15) is 5.82 Å². The summed E-state index contributed by atoms with van der Waals surface area (Å²) in [6.45, 7) is 0. The molecule has 0 saturated heterocycles. The average molecular weight is 325 g/mol. The highest BCUT2D eigenvalue weighted by Gasteiger charge is 2.47. The monoisotopic (exact) mass is 324 g/mol. The van der Waals surface area contributed by atoms with Crippen molar-refractivity contribution in [3.8, 4) is 0 Å². The Morgan fingerprint density at radius 1 is 1.24 bits per heavy atom. The lowest BCUT2D eigenvalue weighted by molar-refractivity contribution is -0.206. The number of benzene rings is 1. The highest BCUT2D eigenvalue weighted by atomic mass is 35.5. The molecule has 118 valence electrons. The lowest BCUT2D eigenvalue weighted by Crippen LogP contribution is -2.40. The molecule has 0 radical (unpaired) electrons. The molecule has 1 aromatic rings. The highest BCUT2D eigenvalue weighted by Crippen LogP contribution is 2.43. The number of aliphatic hydroxyl groups excluding tert-OH is 1. The quantitative estimate of drug-likeness (QED) is 0.795. The molecule has 0 bridgehead atoms. The van der Waals surface area contributed by atoms with Crippen LogP contribution in [0.5, 0.6) is 0 Å². The van der Waals surface area contributed by atoms with Crippen LogP contribution in [-0.2, 0) is 6.42 Å². The van der Waals surface area contributed by atoms with Crippen molar-refractivity contribution in [3.05, 3.63) is 34.6 Å². The van der Waals surface area contributed by atoms with E-state index in [9.17, 15) is 22.7 Å². The minimum absolute atomic E-state index is 0.0240. The molecule has 1 saturated carbocycles. The lowest BCUT2D eigenvalue weighted by atomic mass is 9.74. The Morgan fingerprint density at radius 3 is 2.52 bits per heavy atom. The molecule has 0 aromatic heterocycles. The Bertz CT molecular complexity index is 469. The molecule has 2 rings (SSSR count). The first kappa shape index (κ1) is 16.6. The maximum Gasteiger partial charge on any atom is 0.392 e. The van der Waals surface area contributed by atoms with Gasteiger partial charge in [0.25, 0.3) is 0 Å². The Hall–Kier alpha value is -0.810. The topological polar surface area (TPSA) is 20.2 Å². The second-order valence-electron chi connectivity index (χ2n) is 5.57. The molecule has 0 heterocycles. The van der Waals surface area contributed by atoms with E-state index in [1.165, 1.54) is 18.2 Å². The first-order valence-corrected chi connectivity index (χ1v) is 7.36. The third kappa shape index (κ3) is 3.89. The van der Waals surface area contributed by atoms with Crippen LogP contribution in [-0.4, -0.2) is 17.4 Å². The fourth-order valence-electron chi connectivity index (χ4n) is 3.11. The Balaban J connectivity index is 2.16. The van der Waals surface area contributed by atoms with Crippen molar-refractivity contribution in [2.24, 2.45) is 11.8 Å². The summed E-state index contributed by atoms with van der Waals surface area (Å²) in [5.74, 6) is -3.01. The number of hydrogen-bond donors (Lipinski definition) is 1. The Morgan fingerprint density at radius 2 is 1.90 bits per heavy atom. The van der Waals surface area contributed by atoms with Crippen LogP contribution in [0.2, 0.25) is 5.02 Å². The smallest absolute Gasteiger partial charge is 0.392 e. The number of halogens is 5. The zero-order valence-electron chi connectivity index (χ0n) is 11.3. The fraction of sp³-hybridized carbons (Fsp3) is 0.600.